The van der Waals surface area contributed by atoms with Crippen LogP contribution in [0.4, 0.5) is 11.4 Å². The lowest BCUT2D eigenvalue weighted by Crippen LogP contribution is -2.17. The molecule has 0 saturated heterocycles. The molecule has 2 N–H and O–H groups in total. The topological polar surface area (TPSA) is 94.9 Å². The van der Waals surface area contributed by atoms with Gasteiger partial charge in [-0.1, -0.05) is 24.3 Å². The average molecular weight is 356 g/mol. The highest BCUT2D eigenvalue weighted by Crippen LogP contribution is 2.16. The van der Waals surface area contributed by atoms with Crippen molar-refractivity contribution in [3.05, 3.63) is 89.2 Å². The van der Waals surface area contributed by atoms with Crippen LogP contribution < -0.4 is 10.6 Å². The van der Waals surface area contributed by atoms with Crippen molar-refractivity contribution in [1.82, 2.24) is 4.98 Å². The molecular weight excluding hydrogens is 340 g/mol. The summed E-state index contributed by atoms with van der Waals surface area (Å²) >= 11 is 0. The molecule has 6 nitrogen and oxygen atoms in total. The van der Waals surface area contributed by atoms with E-state index in [1.54, 1.807) is 30.3 Å². The minimum atomic E-state index is -0.497. The molecule has 1 aromatic heterocycles. The van der Waals surface area contributed by atoms with Crippen LogP contribution in [0.5, 0.6) is 0 Å². The number of aryl methyl sites for hydroxylation is 1. The van der Waals surface area contributed by atoms with Gasteiger partial charge in [0.1, 0.15) is 11.8 Å². The number of amides is 2. The normalized spacial score (nSPS) is 9.93. The van der Waals surface area contributed by atoms with Crippen LogP contribution in [-0.4, -0.2) is 16.8 Å². The number of rotatable bonds is 4. The fourth-order valence-electron chi connectivity index (χ4n) is 2.50. The lowest BCUT2D eigenvalue weighted by atomic mass is 10.1. The van der Waals surface area contributed by atoms with Gasteiger partial charge in [0.25, 0.3) is 11.8 Å². The quantitative estimate of drug-likeness (QED) is 0.744. The van der Waals surface area contributed by atoms with Gasteiger partial charge in [-0.15, -0.1) is 0 Å². The molecule has 132 valence electrons. The van der Waals surface area contributed by atoms with Gasteiger partial charge in [0, 0.05) is 17.4 Å². The molecule has 0 radical (unpaired) electrons. The van der Waals surface area contributed by atoms with E-state index in [0.29, 0.717) is 22.5 Å². The minimum absolute atomic E-state index is 0.0830. The molecule has 6 heteroatoms. The molecule has 2 aromatic carbocycles. The van der Waals surface area contributed by atoms with Gasteiger partial charge in [-0.25, -0.2) is 0 Å². The number of carbonyl (C=O) groups excluding carboxylic acids is 2. The summed E-state index contributed by atoms with van der Waals surface area (Å²) < 4.78 is 0. The van der Waals surface area contributed by atoms with E-state index in [0.717, 1.165) is 5.56 Å². The van der Waals surface area contributed by atoms with Crippen molar-refractivity contribution in [3.63, 3.8) is 0 Å². The number of pyridine rings is 1. The van der Waals surface area contributed by atoms with Crippen molar-refractivity contribution >= 4 is 23.2 Å². The smallest absolute Gasteiger partial charge is 0.274 e. The number of nitriles is 1. The van der Waals surface area contributed by atoms with Gasteiger partial charge in [0.15, 0.2) is 0 Å². The van der Waals surface area contributed by atoms with Crippen molar-refractivity contribution in [1.29, 1.82) is 5.26 Å². The summed E-state index contributed by atoms with van der Waals surface area (Å²) in [6.45, 7) is 1.93. The largest absolute Gasteiger partial charge is 0.322 e. The summed E-state index contributed by atoms with van der Waals surface area (Å²) in [5, 5.41) is 14.5. The number of para-hydroxylation sites is 1. The van der Waals surface area contributed by atoms with Crippen molar-refractivity contribution < 1.29 is 9.59 Å². The summed E-state index contributed by atoms with van der Waals surface area (Å²) in [5.74, 6) is -0.836. The predicted octanol–water partition coefficient (Wildman–Crippen LogP) is 3.77. The van der Waals surface area contributed by atoms with Gasteiger partial charge in [-0.05, 0) is 48.9 Å². The Balaban J connectivity index is 1.77. The first-order valence-corrected chi connectivity index (χ1v) is 8.21. The lowest BCUT2D eigenvalue weighted by molar-refractivity contribution is 0.102. The van der Waals surface area contributed by atoms with Gasteiger partial charge < -0.3 is 10.6 Å². The Morgan fingerprint density at radius 3 is 2.56 bits per heavy atom. The third kappa shape index (κ3) is 4.35. The Bertz CT molecular complexity index is 1050. The van der Waals surface area contributed by atoms with E-state index in [-0.39, 0.29) is 11.6 Å². The molecule has 27 heavy (non-hydrogen) atoms. The zero-order valence-electron chi connectivity index (χ0n) is 14.6. The second-order valence-corrected chi connectivity index (χ2v) is 5.86. The van der Waals surface area contributed by atoms with E-state index in [2.05, 4.69) is 15.6 Å². The van der Waals surface area contributed by atoms with Crippen molar-refractivity contribution in [2.45, 2.75) is 6.92 Å². The molecule has 0 fully saturated rings. The molecule has 0 saturated carbocycles. The van der Waals surface area contributed by atoms with Crippen LogP contribution in [0.1, 0.15) is 32.0 Å². The molecule has 0 spiro atoms. The maximum Gasteiger partial charge on any atom is 0.274 e. The van der Waals surface area contributed by atoms with Gasteiger partial charge in [0.05, 0.1) is 11.3 Å². The van der Waals surface area contributed by atoms with E-state index >= 15 is 0 Å². The molecule has 0 bridgehead atoms. The molecule has 0 aliphatic carbocycles. The van der Waals surface area contributed by atoms with Crippen LogP contribution in [0.25, 0.3) is 0 Å². The second kappa shape index (κ2) is 7.93. The second-order valence-electron chi connectivity index (χ2n) is 5.86. The highest BCUT2D eigenvalue weighted by atomic mass is 16.2. The number of benzene rings is 2. The third-order valence-electron chi connectivity index (χ3n) is 3.83. The zero-order valence-corrected chi connectivity index (χ0v) is 14.6. The maximum absolute atomic E-state index is 12.4. The molecule has 2 amide bonds. The van der Waals surface area contributed by atoms with Gasteiger partial charge in [-0.2, -0.15) is 5.26 Å². The Labute approximate surface area is 156 Å². The Morgan fingerprint density at radius 2 is 1.78 bits per heavy atom. The summed E-state index contributed by atoms with van der Waals surface area (Å²) in [7, 11) is 0. The van der Waals surface area contributed by atoms with E-state index in [1.165, 1.54) is 18.3 Å². The molecule has 0 unspecified atom stereocenters. The number of hydrogen-bond donors (Lipinski definition) is 2. The lowest BCUT2D eigenvalue weighted by Gasteiger charge is -2.08. The van der Waals surface area contributed by atoms with Gasteiger partial charge in [-0.3, -0.25) is 14.6 Å². The van der Waals surface area contributed by atoms with E-state index in [1.807, 2.05) is 31.2 Å². The van der Waals surface area contributed by atoms with Crippen molar-refractivity contribution in [2.24, 2.45) is 0 Å². The van der Waals surface area contributed by atoms with Crippen LogP contribution in [-0.2, 0) is 0 Å². The van der Waals surface area contributed by atoms with E-state index < -0.39 is 5.91 Å². The average Bonchev–Trinajstić information content (AvgIpc) is 2.68. The van der Waals surface area contributed by atoms with Crippen LogP contribution in [0.3, 0.4) is 0 Å². The Hall–Kier alpha value is -3.98. The molecule has 3 rings (SSSR count). The summed E-state index contributed by atoms with van der Waals surface area (Å²) in [6, 6.07) is 19.1. The number of nitrogens with zero attached hydrogens (tertiary/aromatic N) is 2. The number of hydrogen-bond acceptors (Lipinski definition) is 4. The van der Waals surface area contributed by atoms with Crippen molar-refractivity contribution in [2.75, 3.05) is 10.6 Å². The Kier molecular flexibility index (Phi) is 5.24. The first kappa shape index (κ1) is 17.8. The SMILES string of the molecule is Cc1cccc(NC(=O)c2ccnc(C(=O)Nc3ccccc3C#N)c2)c1. The fraction of sp³-hybridized carbons (Fsp3) is 0.0476. The third-order valence-corrected chi connectivity index (χ3v) is 3.83. The van der Waals surface area contributed by atoms with E-state index in [9.17, 15) is 9.59 Å². The number of carbonyl (C=O) groups is 2. The maximum atomic E-state index is 12.4. The van der Waals surface area contributed by atoms with Gasteiger partial charge >= 0.3 is 0 Å². The molecule has 0 atom stereocenters. The fourth-order valence-corrected chi connectivity index (χ4v) is 2.50. The zero-order chi connectivity index (χ0) is 19.2. The van der Waals surface area contributed by atoms with Crippen molar-refractivity contribution in [3.8, 4) is 6.07 Å². The predicted molar refractivity (Wildman–Crippen MR) is 102 cm³/mol. The molecule has 0 aliphatic rings. The highest BCUT2D eigenvalue weighted by molar-refractivity contribution is 6.08. The molecule has 0 aliphatic heterocycles. The van der Waals surface area contributed by atoms with Crippen LogP contribution in [0.2, 0.25) is 0 Å². The number of anilines is 2. The summed E-state index contributed by atoms with van der Waals surface area (Å²) in [6.07, 6.45) is 1.40. The van der Waals surface area contributed by atoms with Crippen LogP contribution in [0.15, 0.2) is 66.9 Å². The standard InChI is InChI=1S/C21H16N4O2/c1-14-5-4-7-17(11-14)24-20(26)15-9-10-23-19(12-15)21(27)25-18-8-3-2-6-16(18)13-22/h2-12H,1H3,(H,24,26)(H,25,27). The summed E-state index contributed by atoms with van der Waals surface area (Å²) in [5.41, 5.74) is 2.83. The van der Waals surface area contributed by atoms with Crippen LogP contribution in [0, 0.1) is 18.3 Å². The van der Waals surface area contributed by atoms with Crippen LogP contribution >= 0.6 is 0 Å². The Morgan fingerprint density at radius 1 is 0.963 bits per heavy atom. The molecule has 3 aromatic rings. The van der Waals surface area contributed by atoms with E-state index in [4.69, 9.17) is 5.26 Å². The summed E-state index contributed by atoms with van der Waals surface area (Å²) in [4.78, 5) is 28.9. The van der Waals surface area contributed by atoms with Gasteiger partial charge in [0.2, 0.25) is 0 Å². The number of aromatic nitrogens is 1. The first-order valence-electron chi connectivity index (χ1n) is 8.21. The first-order chi connectivity index (χ1) is 13.1. The number of nitrogens with one attached hydrogen (secondary N) is 2. The molecular formula is C21H16N4O2. The minimum Gasteiger partial charge on any atom is -0.322 e. The highest BCUT2D eigenvalue weighted by Gasteiger charge is 2.13. The monoisotopic (exact) mass is 356 g/mol. The molecule has 1 heterocycles.